The highest BCUT2D eigenvalue weighted by Crippen LogP contribution is 2.15. The van der Waals surface area contributed by atoms with Gasteiger partial charge in [0.15, 0.2) is 0 Å². The molecule has 0 saturated carbocycles. The Labute approximate surface area is 65.3 Å². The predicted molar refractivity (Wildman–Crippen MR) is 48.2 cm³/mol. The number of hydrogen-bond donors (Lipinski definition) is 0. The fourth-order valence-corrected chi connectivity index (χ4v) is 1.41. The topological polar surface area (TPSA) is 0 Å². The van der Waals surface area contributed by atoms with Crippen molar-refractivity contribution >= 4 is 0 Å². The van der Waals surface area contributed by atoms with Gasteiger partial charge in [0.05, 0.1) is 0 Å². The molecule has 0 heteroatoms. The van der Waals surface area contributed by atoms with Crippen molar-refractivity contribution in [2.45, 2.75) is 53.4 Å². The van der Waals surface area contributed by atoms with Crippen LogP contribution in [0, 0.1) is 0 Å². The van der Waals surface area contributed by atoms with Crippen LogP contribution in [0.1, 0.15) is 53.4 Å². The lowest BCUT2D eigenvalue weighted by atomic mass is 10.0. The van der Waals surface area contributed by atoms with E-state index in [-0.39, 0.29) is 0 Å². The van der Waals surface area contributed by atoms with Gasteiger partial charge >= 0.3 is 0 Å². The molecule has 0 aromatic heterocycles. The van der Waals surface area contributed by atoms with E-state index < -0.39 is 0 Å². The highest BCUT2D eigenvalue weighted by atomic mass is 14.0. The van der Waals surface area contributed by atoms with Gasteiger partial charge in [0.2, 0.25) is 0 Å². The average Bonchev–Trinajstić information content (AvgIpc) is 1.91. The standard InChI is InChI=1S/C10H20/c1-5-8-9(4)10(6-2)7-3/h5-8H2,1-4H3. The predicted octanol–water partition coefficient (Wildman–Crippen LogP) is 3.92. The summed E-state index contributed by atoms with van der Waals surface area (Å²) in [6, 6.07) is 0. The van der Waals surface area contributed by atoms with Gasteiger partial charge in [0.25, 0.3) is 0 Å². The van der Waals surface area contributed by atoms with Crippen molar-refractivity contribution in [3.8, 4) is 0 Å². The molecule has 0 nitrogen and oxygen atoms in total. The maximum atomic E-state index is 2.27. The maximum Gasteiger partial charge on any atom is -0.0323 e. The van der Waals surface area contributed by atoms with E-state index in [0.717, 1.165) is 0 Å². The highest BCUT2D eigenvalue weighted by Gasteiger charge is 1.95. The molecule has 0 aliphatic heterocycles. The van der Waals surface area contributed by atoms with Gasteiger partial charge in [0, 0.05) is 0 Å². The van der Waals surface area contributed by atoms with Gasteiger partial charge < -0.3 is 0 Å². The quantitative estimate of drug-likeness (QED) is 0.519. The Bertz CT molecular complexity index is 103. The molecule has 0 amide bonds. The number of allylic oxidation sites excluding steroid dienone is 2. The monoisotopic (exact) mass is 140 g/mol. The van der Waals surface area contributed by atoms with Gasteiger partial charge in [-0.2, -0.15) is 0 Å². The van der Waals surface area contributed by atoms with Gasteiger partial charge in [-0.3, -0.25) is 0 Å². The van der Waals surface area contributed by atoms with Gasteiger partial charge in [-0.05, 0) is 26.2 Å². The van der Waals surface area contributed by atoms with Crippen LogP contribution in [0.2, 0.25) is 0 Å². The summed E-state index contributed by atoms with van der Waals surface area (Å²) in [5.41, 5.74) is 3.27. The zero-order valence-corrected chi connectivity index (χ0v) is 7.83. The smallest absolute Gasteiger partial charge is 0.0323 e. The van der Waals surface area contributed by atoms with E-state index in [1.54, 1.807) is 11.1 Å². The van der Waals surface area contributed by atoms with Crippen LogP contribution in [-0.4, -0.2) is 0 Å². The molecular formula is C10H20. The molecule has 10 heavy (non-hydrogen) atoms. The fraction of sp³-hybridized carbons (Fsp3) is 0.800. The third-order valence-electron chi connectivity index (χ3n) is 2.08. The minimum Gasteiger partial charge on any atom is -0.0742 e. The molecule has 0 atom stereocenters. The molecular weight excluding hydrogens is 120 g/mol. The van der Waals surface area contributed by atoms with Crippen molar-refractivity contribution in [2.24, 2.45) is 0 Å². The van der Waals surface area contributed by atoms with E-state index in [9.17, 15) is 0 Å². The van der Waals surface area contributed by atoms with Crippen molar-refractivity contribution in [3.63, 3.8) is 0 Å². The Balaban J connectivity index is 3.98. The summed E-state index contributed by atoms with van der Waals surface area (Å²) in [4.78, 5) is 0. The van der Waals surface area contributed by atoms with E-state index >= 15 is 0 Å². The molecule has 0 aromatic carbocycles. The zero-order valence-electron chi connectivity index (χ0n) is 7.83. The lowest BCUT2D eigenvalue weighted by molar-refractivity contribution is 0.847. The second-order valence-corrected chi connectivity index (χ2v) is 2.84. The molecule has 0 unspecified atom stereocenters. The molecule has 0 heterocycles. The van der Waals surface area contributed by atoms with Gasteiger partial charge in [0.1, 0.15) is 0 Å². The van der Waals surface area contributed by atoms with Crippen LogP contribution < -0.4 is 0 Å². The summed E-state index contributed by atoms with van der Waals surface area (Å²) in [6.07, 6.45) is 5.05. The van der Waals surface area contributed by atoms with Crippen LogP contribution in [0.15, 0.2) is 11.1 Å². The SMILES string of the molecule is CCCC(C)=C(CC)CC. The normalized spacial score (nSPS) is 9.60. The zero-order chi connectivity index (χ0) is 7.98. The van der Waals surface area contributed by atoms with Crippen LogP contribution in [0.4, 0.5) is 0 Å². The molecule has 60 valence electrons. The van der Waals surface area contributed by atoms with Crippen LogP contribution in [0.25, 0.3) is 0 Å². The summed E-state index contributed by atoms with van der Waals surface area (Å²) in [5, 5.41) is 0. The second kappa shape index (κ2) is 5.52. The third-order valence-corrected chi connectivity index (χ3v) is 2.08. The highest BCUT2D eigenvalue weighted by molar-refractivity contribution is 5.10. The van der Waals surface area contributed by atoms with Gasteiger partial charge in [-0.25, -0.2) is 0 Å². The Morgan fingerprint density at radius 3 is 1.80 bits per heavy atom. The summed E-state index contributed by atoms with van der Waals surface area (Å²) >= 11 is 0. The van der Waals surface area contributed by atoms with E-state index in [1.807, 2.05) is 0 Å². The molecule has 0 aliphatic rings. The maximum absolute atomic E-state index is 2.27. The lowest BCUT2D eigenvalue weighted by Gasteiger charge is -2.05. The summed E-state index contributed by atoms with van der Waals surface area (Å²) < 4.78 is 0. The minimum absolute atomic E-state index is 1.24. The van der Waals surface area contributed by atoms with E-state index in [2.05, 4.69) is 27.7 Å². The first-order chi connectivity index (χ1) is 4.76. The van der Waals surface area contributed by atoms with Gasteiger partial charge in [-0.15, -0.1) is 0 Å². The molecule has 0 saturated heterocycles. The Morgan fingerprint density at radius 1 is 1.00 bits per heavy atom. The van der Waals surface area contributed by atoms with Crippen molar-refractivity contribution in [2.75, 3.05) is 0 Å². The molecule has 0 N–H and O–H groups in total. The first kappa shape index (κ1) is 9.74. The molecule has 0 radical (unpaired) electrons. The van der Waals surface area contributed by atoms with Crippen LogP contribution >= 0.6 is 0 Å². The molecule has 0 fully saturated rings. The Morgan fingerprint density at radius 2 is 1.50 bits per heavy atom. The van der Waals surface area contributed by atoms with E-state index in [4.69, 9.17) is 0 Å². The van der Waals surface area contributed by atoms with E-state index in [0.29, 0.717) is 0 Å². The molecule has 0 bridgehead atoms. The molecule has 0 spiro atoms. The van der Waals surface area contributed by atoms with Crippen molar-refractivity contribution in [1.82, 2.24) is 0 Å². The first-order valence-corrected chi connectivity index (χ1v) is 4.43. The van der Waals surface area contributed by atoms with E-state index in [1.165, 1.54) is 25.7 Å². The molecule has 0 aromatic rings. The summed E-state index contributed by atoms with van der Waals surface area (Å²) in [5.74, 6) is 0. The van der Waals surface area contributed by atoms with Crippen LogP contribution in [0.3, 0.4) is 0 Å². The number of rotatable bonds is 4. The third kappa shape index (κ3) is 3.05. The average molecular weight is 140 g/mol. The van der Waals surface area contributed by atoms with Crippen molar-refractivity contribution in [3.05, 3.63) is 11.1 Å². The largest absolute Gasteiger partial charge is 0.0742 e. The summed E-state index contributed by atoms with van der Waals surface area (Å²) in [7, 11) is 0. The summed E-state index contributed by atoms with van der Waals surface area (Å²) in [6.45, 7) is 9.01. The Hall–Kier alpha value is -0.260. The minimum atomic E-state index is 1.24. The second-order valence-electron chi connectivity index (χ2n) is 2.84. The lowest BCUT2D eigenvalue weighted by Crippen LogP contribution is -1.85. The number of hydrogen-bond acceptors (Lipinski definition) is 0. The fourth-order valence-electron chi connectivity index (χ4n) is 1.41. The van der Waals surface area contributed by atoms with Crippen LogP contribution in [-0.2, 0) is 0 Å². The molecule has 0 aliphatic carbocycles. The van der Waals surface area contributed by atoms with Crippen LogP contribution in [0.5, 0.6) is 0 Å². The Kier molecular flexibility index (Phi) is 5.38. The van der Waals surface area contributed by atoms with Crippen molar-refractivity contribution < 1.29 is 0 Å². The first-order valence-electron chi connectivity index (χ1n) is 4.43. The van der Waals surface area contributed by atoms with Crippen molar-refractivity contribution in [1.29, 1.82) is 0 Å². The molecule has 0 rings (SSSR count). The van der Waals surface area contributed by atoms with Gasteiger partial charge in [-0.1, -0.05) is 38.3 Å².